The molecular formula is C15H22BrNO2. The summed E-state index contributed by atoms with van der Waals surface area (Å²) in [5.74, 6) is 1.48. The molecule has 4 heteroatoms. The summed E-state index contributed by atoms with van der Waals surface area (Å²) in [5, 5.41) is 3.96. The van der Waals surface area contributed by atoms with Crippen molar-refractivity contribution < 1.29 is 9.53 Å². The first kappa shape index (κ1) is 16.0. The van der Waals surface area contributed by atoms with E-state index in [0.29, 0.717) is 12.3 Å². The number of nitrogens with one attached hydrogen (secondary N) is 1. The van der Waals surface area contributed by atoms with Crippen LogP contribution in [0.1, 0.15) is 25.3 Å². The Hall–Kier alpha value is -1.03. The number of ether oxygens (including phenoxy) is 1. The van der Waals surface area contributed by atoms with Gasteiger partial charge >= 0.3 is 0 Å². The zero-order valence-corrected chi connectivity index (χ0v) is 13.2. The van der Waals surface area contributed by atoms with Crippen LogP contribution < -0.4 is 10.1 Å². The molecular weight excluding hydrogens is 306 g/mol. The smallest absolute Gasteiger partial charge is 0.220 e. The molecule has 1 unspecified atom stereocenters. The summed E-state index contributed by atoms with van der Waals surface area (Å²) in [6, 6.07) is 7.84. The van der Waals surface area contributed by atoms with Crippen LogP contribution in [-0.4, -0.2) is 24.9 Å². The maximum absolute atomic E-state index is 11.7. The van der Waals surface area contributed by atoms with Crippen molar-refractivity contribution in [3.05, 3.63) is 29.8 Å². The number of carbonyl (C=O) groups is 1. The predicted octanol–water partition coefficient (Wildman–Crippen LogP) is 3.17. The monoisotopic (exact) mass is 327 g/mol. The fraction of sp³-hybridized carbons (Fsp3) is 0.533. The van der Waals surface area contributed by atoms with E-state index in [9.17, 15) is 4.79 Å². The molecule has 0 radical (unpaired) electrons. The van der Waals surface area contributed by atoms with E-state index in [4.69, 9.17) is 4.74 Å². The Kier molecular flexibility index (Phi) is 7.56. The van der Waals surface area contributed by atoms with Gasteiger partial charge in [0.15, 0.2) is 0 Å². The Morgan fingerprint density at radius 1 is 1.37 bits per heavy atom. The average molecular weight is 328 g/mol. The third-order valence-electron chi connectivity index (χ3n) is 3.05. The molecule has 0 fully saturated rings. The lowest BCUT2D eigenvalue weighted by molar-refractivity contribution is -0.121. The van der Waals surface area contributed by atoms with Gasteiger partial charge in [0, 0.05) is 18.3 Å². The minimum Gasteiger partial charge on any atom is -0.497 e. The van der Waals surface area contributed by atoms with E-state index in [1.807, 2.05) is 24.3 Å². The normalized spacial score (nSPS) is 11.9. The van der Waals surface area contributed by atoms with Crippen molar-refractivity contribution in [3.8, 4) is 5.75 Å². The van der Waals surface area contributed by atoms with Gasteiger partial charge in [-0.15, -0.1) is 0 Å². The Morgan fingerprint density at radius 2 is 2.05 bits per heavy atom. The molecule has 3 nitrogen and oxygen atoms in total. The van der Waals surface area contributed by atoms with Gasteiger partial charge in [0.25, 0.3) is 0 Å². The molecule has 19 heavy (non-hydrogen) atoms. The largest absolute Gasteiger partial charge is 0.497 e. The molecule has 0 aromatic heterocycles. The molecule has 0 aliphatic heterocycles. The predicted molar refractivity (Wildman–Crippen MR) is 81.9 cm³/mol. The van der Waals surface area contributed by atoms with Gasteiger partial charge in [-0.3, -0.25) is 4.79 Å². The van der Waals surface area contributed by atoms with Crippen LogP contribution in [0.4, 0.5) is 0 Å². The first-order valence-corrected chi connectivity index (χ1v) is 7.73. The lowest BCUT2D eigenvalue weighted by Crippen LogP contribution is -2.28. The summed E-state index contributed by atoms with van der Waals surface area (Å²) in [4.78, 5) is 11.7. The number of hydrogen-bond donors (Lipinski definition) is 1. The van der Waals surface area contributed by atoms with Crippen molar-refractivity contribution in [1.82, 2.24) is 5.32 Å². The second kappa shape index (κ2) is 8.97. The molecule has 1 aromatic carbocycles. The SMILES string of the molecule is COc1ccc(CCC(=O)NCC(C)CCBr)cc1. The highest BCUT2D eigenvalue weighted by molar-refractivity contribution is 9.09. The number of methoxy groups -OCH3 is 1. The molecule has 0 aliphatic carbocycles. The summed E-state index contributed by atoms with van der Waals surface area (Å²) in [6.07, 6.45) is 2.38. The van der Waals surface area contributed by atoms with E-state index in [1.165, 1.54) is 0 Å². The van der Waals surface area contributed by atoms with Crippen molar-refractivity contribution in [3.63, 3.8) is 0 Å². The van der Waals surface area contributed by atoms with Crippen LogP contribution in [-0.2, 0) is 11.2 Å². The van der Waals surface area contributed by atoms with Crippen molar-refractivity contribution >= 4 is 21.8 Å². The van der Waals surface area contributed by atoms with E-state index in [1.54, 1.807) is 7.11 Å². The number of alkyl halides is 1. The van der Waals surface area contributed by atoms with Crippen molar-refractivity contribution in [2.45, 2.75) is 26.2 Å². The summed E-state index contributed by atoms with van der Waals surface area (Å²) in [5.41, 5.74) is 1.16. The van der Waals surface area contributed by atoms with E-state index in [0.717, 1.165) is 36.0 Å². The van der Waals surface area contributed by atoms with Crippen LogP contribution in [0, 0.1) is 5.92 Å². The zero-order chi connectivity index (χ0) is 14.1. The first-order valence-electron chi connectivity index (χ1n) is 6.61. The highest BCUT2D eigenvalue weighted by atomic mass is 79.9. The van der Waals surface area contributed by atoms with Crippen molar-refractivity contribution in [2.75, 3.05) is 19.0 Å². The topological polar surface area (TPSA) is 38.3 Å². The number of amides is 1. The van der Waals surface area contributed by atoms with Crippen LogP contribution in [0.25, 0.3) is 0 Å². The number of rotatable bonds is 8. The van der Waals surface area contributed by atoms with E-state index >= 15 is 0 Å². The summed E-state index contributed by atoms with van der Waals surface area (Å²) in [6.45, 7) is 2.90. The summed E-state index contributed by atoms with van der Waals surface area (Å²) in [7, 11) is 1.65. The van der Waals surface area contributed by atoms with Crippen molar-refractivity contribution in [2.24, 2.45) is 5.92 Å². The second-order valence-corrected chi connectivity index (χ2v) is 5.53. The molecule has 0 spiro atoms. The molecule has 0 saturated carbocycles. The minimum atomic E-state index is 0.122. The average Bonchev–Trinajstić information content (AvgIpc) is 2.44. The lowest BCUT2D eigenvalue weighted by Gasteiger charge is -2.11. The molecule has 1 N–H and O–H groups in total. The number of halogens is 1. The first-order chi connectivity index (χ1) is 9.15. The second-order valence-electron chi connectivity index (χ2n) is 4.73. The summed E-state index contributed by atoms with van der Waals surface area (Å²) >= 11 is 3.41. The minimum absolute atomic E-state index is 0.122. The third kappa shape index (κ3) is 6.62. The van der Waals surface area contributed by atoms with E-state index in [2.05, 4.69) is 28.2 Å². The van der Waals surface area contributed by atoms with Gasteiger partial charge in [-0.2, -0.15) is 0 Å². The zero-order valence-electron chi connectivity index (χ0n) is 11.6. The molecule has 0 heterocycles. The molecule has 0 aliphatic rings. The van der Waals surface area contributed by atoms with Gasteiger partial charge in [-0.25, -0.2) is 0 Å². The maximum atomic E-state index is 11.7. The molecule has 1 rings (SSSR count). The van der Waals surface area contributed by atoms with Crippen LogP contribution in [0.2, 0.25) is 0 Å². The maximum Gasteiger partial charge on any atom is 0.220 e. The van der Waals surface area contributed by atoms with E-state index < -0.39 is 0 Å². The number of carbonyl (C=O) groups excluding carboxylic acids is 1. The number of aryl methyl sites for hydroxylation is 1. The third-order valence-corrected chi connectivity index (χ3v) is 3.51. The van der Waals surface area contributed by atoms with Crippen LogP contribution >= 0.6 is 15.9 Å². The van der Waals surface area contributed by atoms with Crippen LogP contribution in [0.5, 0.6) is 5.75 Å². The van der Waals surface area contributed by atoms with Gasteiger partial charge in [-0.1, -0.05) is 35.0 Å². The van der Waals surface area contributed by atoms with Crippen LogP contribution in [0.15, 0.2) is 24.3 Å². The lowest BCUT2D eigenvalue weighted by atomic mass is 10.1. The Bertz CT molecular complexity index is 378. The van der Waals surface area contributed by atoms with Gasteiger partial charge < -0.3 is 10.1 Å². The molecule has 1 amide bonds. The standard InChI is InChI=1S/C15H22BrNO2/c1-12(9-10-16)11-17-15(18)8-5-13-3-6-14(19-2)7-4-13/h3-4,6-7,12H,5,8-11H2,1-2H3,(H,17,18). The molecule has 1 atom stereocenters. The fourth-order valence-electron chi connectivity index (χ4n) is 1.71. The highest BCUT2D eigenvalue weighted by Gasteiger charge is 2.05. The molecule has 0 saturated heterocycles. The van der Waals surface area contributed by atoms with Crippen molar-refractivity contribution in [1.29, 1.82) is 0 Å². The highest BCUT2D eigenvalue weighted by Crippen LogP contribution is 2.12. The van der Waals surface area contributed by atoms with E-state index in [-0.39, 0.29) is 5.91 Å². The van der Waals surface area contributed by atoms with Gasteiger partial charge in [0.1, 0.15) is 5.75 Å². The molecule has 1 aromatic rings. The fourth-order valence-corrected chi connectivity index (χ4v) is 2.50. The quantitative estimate of drug-likeness (QED) is 0.745. The number of benzene rings is 1. The Morgan fingerprint density at radius 3 is 2.63 bits per heavy atom. The Labute approximate surface area is 123 Å². The van der Waals surface area contributed by atoms with Gasteiger partial charge in [0.2, 0.25) is 5.91 Å². The molecule has 106 valence electrons. The Balaban J connectivity index is 2.25. The van der Waals surface area contributed by atoms with Gasteiger partial charge in [-0.05, 0) is 36.5 Å². The summed E-state index contributed by atoms with van der Waals surface area (Å²) < 4.78 is 5.10. The molecule has 0 bridgehead atoms. The van der Waals surface area contributed by atoms with Crippen LogP contribution in [0.3, 0.4) is 0 Å². The van der Waals surface area contributed by atoms with Gasteiger partial charge in [0.05, 0.1) is 7.11 Å². The number of hydrogen-bond acceptors (Lipinski definition) is 2.